The van der Waals surface area contributed by atoms with Crippen LogP contribution in [0.1, 0.15) is 38.3 Å². The molecule has 0 spiro atoms. The van der Waals surface area contributed by atoms with Crippen LogP contribution in [0.3, 0.4) is 0 Å². The summed E-state index contributed by atoms with van der Waals surface area (Å²) in [4.78, 5) is 3.28. The van der Waals surface area contributed by atoms with Gasteiger partial charge in [0.05, 0.1) is 17.6 Å². The van der Waals surface area contributed by atoms with E-state index in [1.807, 2.05) is 0 Å². The molecule has 0 amide bonds. The highest BCUT2D eigenvalue weighted by Gasteiger charge is 2.32. The molecule has 0 bridgehead atoms. The summed E-state index contributed by atoms with van der Waals surface area (Å²) in [6.45, 7) is 2.72. The van der Waals surface area contributed by atoms with Crippen LogP contribution in [-0.4, -0.2) is 11.5 Å². The van der Waals surface area contributed by atoms with Gasteiger partial charge in [-0.15, -0.1) is 0 Å². The summed E-state index contributed by atoms with van der Waals surface area (Å²) in [5, 5.41) is 2.92. The molecule has 3 nitrogen and oxygen atoms in total. The molecule has 0 saturated heterocycles. The third-order valence-corrected chi connectivity index (χ3v) is 2.57. The number of anilines is 2. The molecule has 0 saturated carbocycles. The first-order chi connectivity index (χ1) is 8.45. The molecule has 0 fully saturated rings. The summed E-state index contributed by atoms with van der Waals surface area (Å²) < 4.78 is 37.4. The molecule has 1 aromatic heterocycles. The predicted molar refractivity (Wildman–Crippen MR) is 66.3 cm³/mol. The normalized spacial score (nSPS) is 11.6. The number of nitrogens with zero attached hydrogens (tertiary/aromatic N) is 1. The average molecular weight is 261 g/mol. The van der Waals surface area contributed by atoms with Crippen LogP contribution in [-0.2, 0) is 6.18 Å². The van der Waals surface area contributed by atoms with Crippen molar-refractivity contribution >= 4 is 11.4 Å². The van der Waals surface area contributed by atoms with Gasteiger partial charge in [-0.2, -0.15) is 13.2 Å². The molecule has 0 aliphatic rings. The van der Waals surface area contributed by atoms with Crippen LogP contribution < -0.4 is 11.1 Å². The molecule has 1 rings (SSSR count). The van der Waals surface area contributed by atoms with E-state index < -0.39 is 11.9 Å². The maximum absolute atomic E-state index is 12.5. The largest absolute Gasteiger partial charge is 0.433 e. The first-order valence-electron chi connectivity index (χ1n) is 6.01. The Balaban J connectivity index is 2.59. The lowest BCUT2D eigenvalue weighted by Crippen LogP contribution is -2.11. The smallest absolute Gasteiger partial charge is 0.396 e. The Morgan fingerprint density at radius 3 is 2.61 bits per heavy atom. The number of nitrogens with one attached hydrogen (secondary N) is 1. The number of alkyl halides is 3. The zero-order chi connectivity index (χ0) is 13.6. The highest BCUT2D eigenvalue weighted by molar-refractivity contribution is 5.65. The van der Waals surface area contributed by atoms with Gasteiger partial charge in [-0.3, -0.25) is 0 Å². The standard InChI is InChI=1S/C12H18F3N3/c1-2-3-4-5-6-17-10-7-11(12(13,14)15)18-8-9(10)16/h7-8H,2-6,16H2,1H3,(H,17,18). The van der Waals surface area contributed by atoms with Gasteiger partial charge in [0.15, 0.2) is 0 Å². The minimum absolute atomic E-state index is 0.235. The lowest BCUT2D eigenvalue weighted by atomic mass is 10.2. The molecule has 18 heavy (non-hydrogen) atoms. The van der Waals surface area contributed by atoms with Crippen molar-refractivity contribution in [3.63, 3.8) is 0 Å². The average Bonchev–Trinajstić information content (AvgIpc) is 2.29. The Bertz CT molecular complexity index is 377. The zero-order valence-electron chi connectivity index (χ0n) is 10.3. The lowest BCUT2D eigenvalue weighted by Gasteiger charge is -2.12. The summed E-state index contributed by atoms with van der Waals surface area (Å²) in [5.74, 6) is 0. The molecule has 1 aromatic rings. The summed E-state index contributed by atoms with van der Waals surface area (Å²) in [6.07, 6.45) is 0.817. The van der Waals surface area contributed by atoms with Crippen molar-refractivity contribution in [2.24, 2.45) is 0 Å². The number of pyridine rings is 1. The lowest BCUT2D eigenvalue weighted by molar-refractivity contribution is -0.141. The van der Waals surface area contributed by atoms with Crippen molar-refractivity contribution in [3.05, 3.63) is 18.0 Å². The van der Waals surface area contributed by atoms with Gasteiger partial charge in [0, 0.05) is 6.54 Å². The number of rotatable bonds is 6. The summed E-state index contributed by atoms with van der Waals surface area (Å²) in [5.41, 5.74) is 5.19. The number of aromatic nitrogens is 1. The van der Waals surface area contributed by atoms with Crippen molar-refractivity contribution in [2.45, 2.75) is 38.8 Å². The van der Waals surface area contributed by atoms with E-state index in [2.05, 4.69) is 17.2 Å². The van der Waals surface area contributed by atoms with Crippen LogP contribution in [0, 0.1) is 0 Å². The van der Waals surface area contributed by atoms with Crippen LogP contribution >= 0.6 is 0 Å². The molecule has 102 valence electrons. The van der Waals surface area contributed by atoms with Crippen LogP contribution in [0.15, 0.2) is 12.3 Å². The summed E-state index contributed by atoms with van der Waals surface area (Å²) >= 11 is 0. The minimum atomic E-state index is -4.44. The van der Waals surface area contributed by atoms with E-state index >= 15 is 0 Å². The fourth-order valence-electron chi connectivity index (χ4n) is 1.55. The van der Waals surface area contributed by atoms with Crippen molar-refractivity contribution in [2.75, 3.05) is 17.6 Å². The Hall–Kier alpha value is -1.46. The van der Waals surface area contributed by atoms with E-state index in [9.17, 15) is 13.2 Å². The summed E-state index contributed by atoms with van der Waals surface area (Å²) in [7, 11) is 0. The number of hydrogen-bond acceptors (Lipinski definition) is 3. The van der Waals surface area contributed by atoms with Crippen molar-refractivity contribution < 1.29 is 13.2 Å². The summed E-state index contributed by atoms with van der Waals surface area (Å²) in [6, 6.07) is 0.954. The van der Waals surface area contributed by atoms with Crippen LogP contribution in [0.5, 0.6) is 0 Å². The quantitative estimate of drug-likeness (QED) is 0.768. The van der Waals surface area contributed by atoms with Gasteiger partial charge in [-0.1, -0.05) is 26.2 Å². The third-order valence-electron chi connectivity index (χ3n) is 2.57. The highest BCUT2D eigenvalue weighted by atomic mass is 19.4. The first-order valence-corrected chi connectivity index (χ1v) is 6.01. The number of halogens is 3. The van der Waals surface area contributed by atoms with Gasteiger partial charge in [-0.25, -0.2) is 4.98 Å². The molecule has 0 aliphatic heterocycles. The molecule has 0 aliphatic carbocycles. The Labute approximate surface area is 105 Å². The van der Waals surface area contributed by atoms with Crippen molar-refractivity contribution in [1.82, 2.24) is 4.98 Å². The SMILES string of the molecule is CCCCCCNc1cc(C(F)(F)F)ncc1N. The van der Waals surface area contributed by atoms with E-state index in [1.54, 1.807) is 0 Å². The zero-order valence-corrected chi connectivity index (χ0v) is 10.3. The second-order valence-corrected chi connectivity index (χ2v) is 4.14. The molecule has 0 radical (unpaired) electrons. The Morgan fingerprint density at radius 2 is 2.00 bits per heavy atom. The van der Waals surface area contributed by atoms with Gasteiger partial charge in [-0.05, 0) is 12.5 Å². The number of hydrogen-bond donors (Lipinski definition) is 2. The van der Waals surface area contributed by atoms with Crippen molar-refractivity contribution in [3.8, 4) is 0 Å². The van der Waals surface area contributed by atoms with E-state index in [0.717, 1.165) is 37.9 Å². The van der Waals surface area contributed by atoms with Gasteiger partial charge < -0.3 is 11.1 Å². The Kier molecular flexibility index (Phi) is 5.25. The molecule has 0 aromatic carbocycles. The molecule has 0 atom stereocenters. The number of nitrogen functional groups attached to an aromatic ring is 1. The minimum Gasteiger partial charge on any atom is -0.396 e. The van der Waals surface area contributed by atoms with Crippen LogP contribution in [0.25, 0.3) is 0 Å². The van der Waals surface area contributed by atoms with Gasteiger partial charge in [0.25, 0.3) is 0 Å². The van der Waals surface area contributed by atoms with E-state index in [-0.39, 0.29) is 5.69 Å². The van der Waals surface area contributed by atoms with Gasteiger partial charge >= 0.3 is 6.18 Å². The topological polar surface area (TPSA) is 50.9 Å². The molecule has 1 heterocycles. The van der Waals surface area contributed by atoms with Crippen molar-refractivity contribution in [1.29, 1.82) is 0 Å². The first kappa shape index (κ1) is 14.6. The number of nitrogens with two attached hydrogens (primary N) is 1. The molecular formula is C12H18F3N3. The second kappa shape index (κ2) is 6.47. The maximum Gasteiger partial charge on any atom is 0.433 e. The van der Waals surface area contributed by atoms with Gasteiger partial charge in [0.1, 0.15) is 5.69 Å². The fourth-order valence-corrected chi connectivity index (χ4v) is 1.55. The van der Waals surface area contributed by atoms with E-state index in [4.69, 9.17) is 5.73 Å². The third kappa shape index (κ3) is 4.43. The molecular weight excluding hydrogens is 243 g/mol. The number of unbranched alkanes of at least 4 members (excludes halogenated alkanes) is 3. The highest BCUT2D eigenvalue weighted by Crippen LogP contribution is 2.30. The predicted octanol–water partition coefficient (Wildman–Crippen LogP) is 3.67. The Morgan fingerprint density at radius 1 is 1.28 bits per heavy atom. The molecule has 3 N–H and O–H groups in total. The van der Waals surface area contributed by atoms with E-state index in [0.29, 0.717) is 12.2 Å². The molecule has 6 heteroatoms. The molecule has 0 unspecified atom stereocenters. The van der Waals surface area contributed by atoms with Gasteiger partial charge in [0.2, 0.25) is 0 Å². The maximum atomic E-state index is 12.5. The van der Waals surface area contributed by atoms with Crippen LogP contribution in [0.4, 0.5) is 24.5 Å². The van der Waals surface area contributed by atoms with Crippen LogP contribution in [0.2, 0.25) is 0 Å². The van der Waals surface area contributed by atoms with E-state index in [1.165, 1.54) is 0 Å². The second-order valence-electron chi connectivity index (χ2n) is 4.14. The monoisotopic (exact) mass is 261 g/mol. The fraction of sp³-hybridized carbons (Fsp3) is 0.583.